The fraction of sp³-hybridized carbons (Fsp3) is 0.364. The molecule has 1 amide bonds. The van der Waals surface area contributed by atoms with Crippen LogP contribution in [-0.4, -0.2) is 92.0 Å². The first-order valence-electron chi connectivity index (χ1n) is 19.6. The van der Waals surface area contributed by atoms with Crippen LogP contribution in [0.3, 0.4) is 0 Å². The highest BCUT2D eigenvalue weighted by Gasteiger charge is 2.25. The molecule has 1 aromatic heterocycles. The molecule has 0 saturated heterocycles. The van der Waals surface area contributed by atoms with E-state index in [9.17, 15) is 28.7 Å². The van der Waals surface area contributed by atoms with E-state index in [1.54, 1.807) is 78.9 Å². The van der Waals surface area contributed by atoms with Crippen LogP contribution in [0, 0.1) is 5.82 Å². The van der Waals surface area contributed by atoms with Crippen molar-refractivity contribution < 1.29 is 44.3 Å². The Labute approximate surface area is 346 Å². The number of fused-ring (bicyclic) bond motifs is 1. The summed E-state index contributed by atoms with van der Waals surface area (Å²) in [6.07, 6.45) is 4.82. The van der Waals surface area contributed by atoms with Crippen molar-refractivity contribution in [2.24, 2.45) is 0 Å². The van der Waals surface area contributed by atoms with Crippen LogP contribution in [0.5, 0.6) is 5.75 Å². The number of H-pyrrole nitrogens is 1. The number of aromatic amines is 1. The highest BCUT2D eigenvalue weighted by atomic mass is 32.1. The average Bonchev–Trinajstić information content (AvgIpc) is 3.66. The Kier molecular flexibility index (Phi) is 19.2. The zero-order chi connectivity index (χ0) is 42.6. The molecule has 15 heteroatoms. The first-order valence-corrected chi connectivity index (χ1v) is 20.5. The van der Waals surface area contributed by atoms with E-state index in [0.29, 0.717) is 55.3 Å². The summed E-state index contributed by atoms with van der Waals surface area (Å²) in [4.78, 5) is 50.0. The van der Waals surface area contributed by atoms with Crippen LogP contribution in [-0.2, 0) is 27.2 Å². The van der Waals surface area contributed by atoms with Crippen LogP contribution < -0.4 is 15.5 Å². The van der Waals surface area contributed by atoms with E-state index in [0.717, 1.165) is 59.4 Å². The third kappa shape index (κ3) is 15.3. The Morgan fingerprint density at radius 3 is 1.95 bits per heavy atom. The van der Waals surface area contributed by atoms with Crippen LogP contribution in [0.4, 0.5) is 4.39 Å². The molecular weight excluding hydrogens is 780 g/mol. The summed E-state index contributed by atoms with van der Waals surface area (Å²) in [6.45, 7) is 3.43. The van der Waals surface area contributed by atoms with E-state index in [2.05, 4.69) is 20.5 Å². The van der Waals surface area contributed by atoms with E-state index in [1.165, 1.54) is 25.3 Å². The second-order valence-electron chi connectivity index (χ2n) is 14.0. The van der Waals surface area contributed by atoms with Crippen LogP contribution >= 0.6 is 11.3 Å². The maximum absolute atomic E-state index is 13.3. The van der Waals surface area contributed by atoms with Gasteiger partial charge in [-0.25, -0.2) is 14.0 Å². The van der Waals surface area contributed by atoms with Crippen LogP contribution in [0.2, 0.25) is 0 Å². The third-order valence-corrected chi connectivity index (χ3v) is 10.7. The number of nitrogens with zero attached hydrogens (tertiary/aromatic N) is 1. The molecule has 13 nitrogen and oxygen atoms in total. The molecule has 1 saturated carbocycles. The Morgan fingerprint density at radius 1 is 0.763 bits per heavy atom. The zero-order valence-corrected chi connectivity index (χ0v) is 33.6. The molecule has 0 aliphatic heterocycles. The topological polar surface area (TPSA) is 213 Å². The SMILES string of the molecule is O=C(CCNCCc1cccc(F)c1)N(CCNCCc1ccc(O)c2[nH]c(=O)sc12)C1CCCCC1.O=C(O)C(O)c1ccccc1.O=C(O)C(O)c1ccccc1. The summed E-state index contributed by atoms with van der Waals surface area (Å²) in [5.41, 5.74) is 3.28. The number of hydrogen-bond acceptors (Lipinski definition) is 10. The fourth-order valence-corrected chi connectivity index (χ4v) is 7.56. The van der Waals surface area contributed by atoms with Crippen molar-refractivity contribution in [3.63, 3.8) is 0 Å². The number of rotatable bonds is 17. The van der Waals surface area contributed by atoms with Gasteiger partial charge in [0.05, 0.1) is 4.70 Å². The Morgan fingerprint density at radius 2 is 1.36 bits per heavy atom. The van der Waals surface area contributed by atoms with Crippen LogP contribution in [0.25, 0.3) is 10.2 Å². The number of nitrogens with one attached hydrogen (secondary N) is 3. The van der Waals surface area contributed by atoms with Crippen molar-refractivity contribution >= 4 is 39.4 Å². The number of aromatic nitrogens is 1. The highest BCUT2D eigenvalue weighted by molar-refractivity contribution is 7.16. The number of aliphatic hydroxyl groups excluding tert-OH is 2. The van der Waals surface area contributed by atoms with Crippen molar-refractivity contribution in [3.8, 4) is 5.75 Å². The Hall–Kier alpha value is -5.45. The lowest BCUT2D eigenvalue weighted by molar-refractivity contribution is -0.147. The van der Waals surface area contributed by atoms with E-state index in [4.69, 9.17) is 20.4 Å². The van der Waals surface area contributed by atoms with Crippen molar-refractivity contribution in [1.82, 2.24) is 20.5 Å². The number of thiazole rings is 1. The van der Waals surface area contributed by atoms with Gasteiger partial charge in [0.15, 0.2) is 12.2 Å². The Balaban J connectivity index is 0.000000282. The van der Waals surface area contributed by atoms with Gasteiger partial charge in [0.1, 0.15) is 17.1 Å². The number of carboxylic acid groups (broad SMARTS) is 2. The fourth-order valence-electron chi connectivity index (χ4n) is 6.67. The van der Waals surface area contributed by atoms with Crippen molar-refractivity contribution in [3.05, 3.63) is 135 Å². The number of carbonyl (C=O) groups excluding carboxylic acids is 1. The number of hydrogen-bond donors (Lipinski definition) is 8. The molecule has 6 rings (SSSR count). The Bertz CT molecular complexity index is 2050. The first kappa shape index (κ1) is 46.2. The van der Waals surface area contributed by atoms with Crippen LogP contribution in [0.15, 0.2) is 102 Å². The first-order chi connectivity index (χ1) is 28.4. The monoisotopic (exact) mass is 832 g/mol. The van der Waals surface area contributed by atoms with E-state index < -0.39 is 24.1 Å². The molecule has 1 aliphatic carbocycles. The van der Waals surface area contributed by atoms with Crippen molar-refractivity contribution in [2.75, 3.05) is 32.7 Å². The smallest absolute Gasteiger partial charge is 0.337 e. The van der Waals surface area contributed by atoms with Gasteiger partial charge in [-0.15, -0.1) is 0 Å². The van der Waals surface area contributed by atoms with E-state index >= 15 is 0 Å². The number of amides is 1. The second kappa shape index (κ2) is 24.5. The number of halogens is 1. The summed E-state index contributed by atoms with van der Waals surface area (Å²) < 4.78 is 14.1. The van der Waals surface area contributed by atoms with Gasteiger partial charge in [-0.3, -0.25) is 9.59 Å². The molecule has 59 heavy (non-hydrogen) atoms. The molecule has 1 fully saturated rings. The number of carboxylic acids is 2. The molecule has 316 valence electrons. The molecule has 0 spiro atoms. The molecular formula is C44H53FN4O9S. The minimum absolute atomic E-state index is 0.0927. The third-order valence-electron chi connectivity index (χ3n) is 9.77. The zero-order valence-electron chi connectivity index (χ0n) is 32.8. The van der Waals surface area contributed by atoms with Gasteiger partial charge in [0.25, 0.3) is 0 Å². The summed E-state index contributed by atoms with van der Waals surface area (Å²) in [5, 5.41) is 51.5. The summed E-state index contributed by atoms with van der Waals surface area (Å²) in [7, 11) is 0. The minimum Gasteiger partial charge on any atom is -0.506 e. The molecule has 0 bridgehead atoms. The number of carbonyl (C=O) groups is 3. The predicted molar refractivity (Wildman–Crippen MR) is 225 cm³/mol. The van der Waals surface area contributed by atoms with Crippen molar-refractivity contribution in [2.45, 2.75) is 69.6 Å². The van der Waals surface area contributed by atoms with Crippen molar-refractivity contribution in [1.29, 1.82) is 0 Å². The number of phenols is 1. The number of aliphatic carboxylic acids is 2. The molecule has 2 atom stereocenters. The van der Waals surface area contributed by atoms with Gasteiger partial charge in [0, 0.05) is 32.1 Å². The lowest BCUT2D eigenvalue weighted by Gasteiger charge is -2.34. The standard InChI is InChI=1S/C28H37FN4O3S.2C8H8O3/c29-22-6-4-5-20(19-22)11-14-30-16-13-25(35)33(23-7-2-1-3-8-23)18-17-31-15-12-21-9-10-24(34)26-27(21)37-28(36)32-26;2*9-7(8(10)11)6-4-2-1-3-5-6/h4-6,9-10,19,23,30-31,34H,1-3,7-8,11-18H2,(H,32,36);2*1-5,7,9H,(H,10,11). The van der Waals surface area contributed by atoms with Gasteiger partial charge in [-0.05, 0) is 79.2 Å². The minimum atomic E-state index is -1.41. The number of aliphatic hydroxyl groups is 2. The number of aromatic hydroxyl groups is 1. The van der Waals surface area contributed by atoms with Gasteiger partial charge in [0.2, 0.25) is 5.91 Å². The molecule has 4 aromatic carbocycles. The summed E-state index contributed by atoms with van der Waals surface area (Å²) in [6, 6.07) is 27.0. The number of benzene rings is 4. The molecule has 1 heterocycles. The van der Waals surface area contributed by atoms with Gasteiger partial charge < -0.3 is 46.1 Å². The highest BCUT2D eigenvalue weighted by Crippen LogP contribution is 2.28. The summed E-state index contributed by atoms with van der Waals surface area (Å²) in [5.74, 6) is -2.39. The largest absolute Gasteiger partial charge is 0.506 e. The molecule has 2 unspecified atom stereocenters. The van der Waals surface area contributed by atoms with Gasteiger partial charge >= 0.3 is 16.8 Å². The van der Waals surface area contributed by atoms with E-state index in [-0.39, 0.29) is 22.3 Å². The average molecular weight is 833 g/mol. The maximum Gasteiger partial charge on any atom is 0.337 e. The van der Waals surface area contributed by atoms with Gasteiger partial charge in [-0.1, -0.05) is 109 Å². The van der Waals surface area contributed by atoms with Gasteiger partial charge in [-0.2, -0.15) is 0 Å². The van der Waals surface area contributed by atoms with Crippen LogP contribution in [0.1, 0.15) is 73.0 Å². The molecule has 8 N–H and O–H groups in total. The summed E-state index contributed by atoms with van der Waals surface area (Å²) >= 11 is 1.12. The second-order valence-corrected chi connectivity index (χ2v) is 15.0. The predicted octanol–water partition coefficient (Wildman–Crippen LogP) is 5.56. The normalized spacial score (nSPS) is 13.6. The lowest BCUT2D eigenvalue weighted by atomic mass is 9.94. The lowest BCUT2D eigenvalue weighted by Crippen LogP contribution is -2.45. The van der Waals surface area contributed by atoms with E-state index in [1.807, 2.05) is 12.1 Å². The number of phenolic OH excluding ortho intramolecular Hbond substituents is 1. The molecule has 0 radical (unpaired) electrons. The molecule has 1 aliphatic rings. The molecule has 5 aromatic rings. The maximum atomic E-state index is 13.3. The quantitative estimate of drug-likeness (QED) is 0.0544.